The molecule has 8 aromatic carbocycles. The second-order valence-electron chi connectivity index (χ2n) is 13.2. The summed E-state index contributed by atoms with van der Waals surface area (Å²) in [5.74, 6) is 1.86. The molecule has 0 unspecified atom stereocenters. The molecule has 4 nitrogen and oxygen atoms in total. The molecule has 1 aliphatic rings. The fourth-order valence-electron chi connectivity index (χ4n) is 7.89. The third-order valence-electron chi connectivity index (χ3n) is 10.3. The Morgan fingerprint density at radius 1 is 0.333 bits per heavy atom. The van der Waals surface area contributed by atoms with Crippen LogP contribution in [0.3, 0.4) is 0 Å². The van der Waals surface area contributed by atoms with Crippen molar-refractivity contribution in [2.75, 3.05) is 0 Å². The number of para-hydroxylation sites is 1. The summed E-state index contributed by atoms with van der Waals surface area (Å²) in [4.78, 5) is 15.2. The molecule has 4 heteroatoms. The lowest BCUT2D eigenvalue weighted by Crippen LogP contribution is -2.00. The highest BCUT2D eigenvalue weighted by molar-refractivity contribution is 6.17. The number of nitrogens with zero attached hydrogens (tertiary/aromatic N) is 3. The first-order valence-electron chi connectivity index (χ1n) is 17.2. The molecule has 0 atom stereocenters. The fourth-order valence-corrected chi connectivity index (χ4v) is 7.89. The zero-order chi connectivity index (χ0) is 33.5. The lowest BCUT2D eigenvalue weighted by Gasteiger charge is -2.10. The predicted molar refractivity (Wildman–Crippen MR) is 208 cm³/mol. The van der Waals surface area contributed by atoms with Crippen molar-refractivity contribution in [3.05, 3.63) is 164 Å². The van der Waals surface area contributed by atoms with Crippen LogP contribution in [0, 0.1) is 0 Å². The van der Waals surface area contributed by atoms with Crippen LogP contribution in [0.25, 0.3) is 111 Å². The van der Waals surface area contributed by atoms with E-state index in [-0.39, 0.29) is 0 Å². The van der Waals surface area contributed by atoms with Crippen LogP contribution in [0.1, 0.15) is 0 Å². The van der Waals surface area contributed by atoms with Gasteiger partial charge in [0.15, 0.2) is 17.5 Å². The van der Waals surface area contributed by atoms with Gasteiger partial charge in [0.1, 0.15) is 11.2 Å². The number of benzene rings is 8. The van der Waals surface area contributed by atoms with Gasteiger partial charge in [-0.25, -0.2) is 15.0 Å². The summed E-state index contributed by atoms with van der Waals surface area (Å²) in [6.45, 7) is 0. The Balaban J connectivity index is 1.10. The molecule has 0 bridgehead atoms. The van der Waals surface area contributed by atoms with Crippen LogP contribution in [0.2, 0.25) is 0 Å². The van der Waals surface area contributed by atoms with E-state index in [1.54, 1.807) is 0 Å². The Bertz CT molecular complexity index is 3030. The van der Waals surface area contributed by atoms with Gasteiger partial charge in [-0.3, -0.25) is 0 Å². The third-order valence-corrected chi connectivity index (χ3v) is 10.3. The maximum Gasteiger partial charge on any atom is 0.164 e. The minimum absolute atomic E-state index is 0.606. The summed E-state index contributed by atoms with van der Waals surface area (Å²) in [5.41, 5.74) is 11.7. The standard InChI is InChI=1S/C47H27N3O/c1-2-11-30(12-3-1)45-48-46(33-23-22-28-10-4-5-13-31(28)26-33)50-47(49-45)39-20-9-21-41-43(39)38-19-8-16-34(44(38)51-41)32-24-25-35-36-17-6-14-29-15-7-18-37(42(29)36)40(35)27-32/h1-27H. The summed E-state index contributed by atoms with van der Waals surface area (Å²) in [7, 11) is 0. The van der Waals surface area contributed by atoms with Crippen molar-refractivity contribution in [3.63, 3.8) is 0 Å². The van der Waals surface area contributed by atoms with Crippen molar-refractivity contribution in [1.82, 2.24) is 15.0 Å². The van der Waals surface area contributed by atoms with E-state index in [2.05, 4.69) is 121 Å². The quantitative estimate of drug-likeness (QED) is 0.190. The van der Waals surface area contributed by atoms with E-state index in [9.17, 15) is 0 Å². The Morgan fingerprint density at radius 3 is 1.84 bits per heavy atom. The Hall–Kier alpha value is -6.91. The molecule has 0 aliphatic heterocycles. The van der Waals surface area contributed by atoms with Gasteiger partial charge in [-0.05, 0) is 67.6 Å². The van der Waals surface area contributed by atoms with Gasteiger partial charge in [-0.15, -0.1) is 0 Å². The number of hydrogen-bond acceptors (Lipinski definition) is 4. The van der Waals surface area contributed by atoms with E-state index in [1.165, 1.54) is 38.4 Å². The Labute approximate surface area is 293 Å². The maximum atomic E-state index is 6.75. The van der Waals surface area contributed by atoms with Gasteiger partial charge in [0.2, 0.25) is 0 Å². The molecule has 11 rings (SSSR count). The molecule has 0 fully saturated rings. The Kier molecular flexibility index (Phi) is 5.92. The van der Waals surface area contributed by atoms with E-state index in [0.717, 1.165) is 55.1 Å². The molecule has 0 radical (unpaired) electrons. The fraction of sp³-hybridized carbons (Fsp3) is 0. The van der Waals surface area contributed by atoms with Crippen LogP contribution in [0.15, 0.2) is 168 Å². The molecule has 0 spiro atoms. The maximum absolute atomic E-state index is 6.75. The summed E-state index contributed by atoms with van der Waals surface area (Å²) in [6.07, 6.45) is 0. The minimum Gasteiger partial charge on any atom is -0.455 e. The second-order valence-corrected chi connectivity index (χ2v) is 13.2. The first-order valence-corrected chi connectivity index (χ1v) is 17.2. The van der Waals surface area contributed by atoms with Crippen molar-refractivity contribution in [1.29, 1.82) is 0 Å². The molecule has 0 N–H and O–H groups in total. The number of hydrogen-bond donors (Lipinski definition) is 0. The summed E-state index contributed by atoms with van der Waals surface area (Å²) < 4.78 is 6.75. The zero-order valence-corrected chi connectivity index (χ0v) is 27.3. The SMILES string of the molecule is c1ccc(-c2nc(-c3ccc4ccccc4c3)nc(-c3cccc4oc5c(-c6ccc7c(c6)-c6cccc8cccc-7c68)cccc5c34)n2)cc1. The molecule has 51 heavy (non-hydrogen) atoms. The lowest BCUT2D eigenvalue weighted by molar-refractivity contribution is 0.670. The molecule has 10 aromatic rings. The second kappa shape index (κ2) is 10.8. The van der Waals surface area contributed by atoms with Crippen molar-refractivity contribution in [2.24, 2.45) is 0 Å². The van der Waals surface area contributed by atoms with E-state index < -0.39 is 0 Å². The molecular formula is C47H27N3O. The zero-order valence-electron chi connectivity index (χ0n) is 27.3. The van der Waals surface area contributed by atoms with Crippen molar-refractivity contribution >= 4 is 43.5 Å². The molecule has 0 saturated heterocycles. The largest absolute Gasteiger partial charge is 0.455 e. The van der Waals surface area contributed by atoms with Gasteiger partial charge < -0.3 is 4.42 Å². The Morgan fingerprint density at radius 2 is 0.980 bits per heavy atom. The molecule has 236 valence electrons. The van der Waals surface area contributed by atoms with E-state index in [4.69, 9.17) is 19.4 Å². The number of fused-ring (bicyclic) bond motifs is 7. The highest BCUT2D eigenvalue weighted by Crippen LogP contribution is 2.49. The molecular weight excluding hydrogens is 623 g/mol. The topological polar surface area (TPSA) is 51.8 Å². The first kappa shape index (κ1) is 28.0. The first-order chi connectivity index (χ1) is 25.3. The van der Waals surface area contributed by atoms with Gasteiger partial charge in [0, 0.05) is 33.0 Å². The van der Waals surface area contributed by atoms with Gasteiger partial charge in [-0.1, -0.05) is 146 Å². The van der Waals surface area contributed by atoms with Gasteiger partial charge >= 0.3 is 0 Å². The van der Waals surface area contributed by atoms with Crippen LogP contribution in [-0.4, -0.2) is 15.0 Å². The monoisotopic (exact) mass is 649 g/mol. The van der Waals surface area contributed by atoms with Crippen LogP contribution in [0.5, 0.6) is 0 Å². The van der Waals surface area contributed by atoms with Gasteiger partial charge in [0.25, 0.3) is 0 Å². The molecule has 1 aliphatic carbocycles. The highest BCUT2D eigenvalue weighted by Gasteiger charge is 2.23. The smallest absolute Gasteiger partial charge is 0.164 e. The van der Waals surface area contributed by atoms with Crippen molar-refractivity contribution in [3.8, 4) is 67.5 Å². The number of furan rings is 1. The van der Waals surface area contributed by atoms with Gasteiger partial charge in [-0.2, -0.15) is 0 Å². The number of rotatable bonds is 4. The van der Waals surface area contributed by atoms with Crippen LogP contribution >= 0.6 is 0 Å². The molecule has 2 aromatic heterocycles. The van der Waals surface area contributed by atoms with Crippen LogP contribution in [-0.2, 0) is 0 Å². The van der Waals surface area contributed by atoms with Crippen molar-refractivity contribution in [2.45, 2.75) is 0 Å². The third kappa shape index (κ3) is 4.30. The molecule has 2 heterocycles. The average Bonchev–Trinajstić information content (AvgIpc) is 3.75. The normalized spacial score (nSPS) is 11.9. The molecule has 0 saturated carbocycles. The average molecular weight is 650 g/mol. The highest BCUT2D eigenvalue weighted by atomic mass is 16.3. The summed E-state index contributed by atoms with van der Waals surface area (Å²) in [6, 6.07) is 57.4. The van der Waals surface area contributed by atoms with E-state index in [1.807, 2.05) is 42.5 Å². The van der Waals surface area contributed by atoms with Gasteiger partial charge in [0.05, 0.1) is 0 Å². The molecule has 0 amide bonds. The summed E-state index contributed by atoms with van der Waals surface area (Å²) >= 11 is 0. The predicted octanol–water partition coefficient (Wildman–Crippen LogP) is 12.4. The van der Waals surface area contributed by atoms with Crippen LogP contribution in [0.4, 0.5) is 0 Å². The van der Waals surface area contributed by atoms with E-state index >= 15 is 0 Å². The lowest BCUT2D eigenvalue weighted by atomic mass is 9.96. The summed E-state index contributed by atoms with van der Waals surface area (Å²) in [5, 5.41) is 6.93. The van der Waals surface area contributed by atoms with Crippen molar-refractivity contribution < 1.29 is 4.42 Å². The van der Waals surface area contributed by atoms with Crippen LogP contribution < -0.4 is 0 Å². The van der Waals surface area contributed by atoms with E-state index in [0.29, 0.717) is 17.5 Å². The minimum atomic E-state index is 0.606. The number of aromatic nitrogens is 3.